The number of allylic oxidation sites excluding steroid dienone is 2. The Hall–Kier alpha value is -0.800. The highest BCUT2D eigenvalue weighted by molar-refractivity contribution is 6.26. The summed E-state index contributed by atoms with van der Waals surface area (Å²) in [5.74, 6) is -0.0865. The summed E-state index contributed by atoms with van der Waals surface area (Å²) in [5.41, 5.74) is 1.01. The van der Waals surface area contributed by atoms with Crippen LogP contribution >= 0.6 is 11.6 Å². The lowest BCUT2D eigenvalue weighted by molar-refractivity contribution is -0.119. The molecule has 0 bridgehead atoms. The summed E-state index contributed by atoms with van der Waals surface area (Å²) in [6.07, 6.45) is 6.94. The predicted molar refractivity (Wildman–Crippen MR) is 74.8 cm³/mol. The van der Waals surface area contributed by atoms with Gasteiger partial charge < -0.3 is 10.1 Å². The van der Waals surface area contributed by atoms with Crippen molar-refractivity contribution in [2.45, 2.75) is 51.1 Å². The van der Waals surface area contributed by atoms with E-state index in [1.165, 1.54) is 6.92 Å². The molecule has 0 heterocycles. The zero-order chi connectivity index (χ0) is 13.8. The van der Waals surface area contributed by atoms with Crippen LogP contribution in [-0.4, -0.2) is 29.5 Å². The fraction of sp³-hybridized carbons (Fsp3) is 0.643. The SMILES string of the molecule is CCC(C)OCC1=CC=CC(C)(Cl)C1NC(C)=O. The number of ether oxygens (including phenoxy) is 1. The van der Waals surface area contributed by atoms with Crippen molar-refractivity contribution in [3.8, 4) is 0 Å². The van der Waals surface area contributed by atoms with Crippen LogP contribution in [0.15, 0.2) is 23.8 Å². The second-order valence-electron chi connectivity index (χ2n) is 4.92. The fourth-order valence-corrected chi connectivity index (χ4v) is 2.11. The highest BCUT2D eigenvalue weighted by Crippen LogP contribution is 2.30. The smallest absolute Gasteiger partial charge is 0.217 e. The highest BCUT2D eigenvalue weighted by Gasteiger charge is 2.34. The molecule has 102 valence electrons. The molecule has 3 nitrogen and oxygen atoms in total. The van der Waals surface area contributed by atoms with Crippen LogP contribution in [0.2, 0.25) is 0 Å². The van der Waals surface area contributed by atoms with Crippen molar-refractivity contribution < 1.29 is 9.53 Å². The quantitative estimate of drug-likeness (QED) is 0.781. The molecule has 0 radical (unpaired) electrons. The lowest BCUT2D eigenvalue weighted by atomic mass is 9.89. The van der Waals surface area contributed by atoms with E-state index in [0.29, 0.717) is 6.61 Å². The maximum atomic E-state index is 11.3. The Morgan fingerprint density at radius 3 is 2.89 bits per heavy atom. The van der Waals surface area contributed by atoms with E-state index in [9.17, 15) is 4.79 Å². The molecular formula is C14H22ClNO2. The molecule has 0 aromatic carbocycles. The van der Waals surface area contributed by atoms with Crippen LogP contribution in [0.3, 0.4) is 0 Å². The summed E-state index contributed by atoms with van der Waals surface area (Å²) in [6.45, 7) is 8.00. The van der Waals surface area contributed by atoms with Gasteiger partial charge >= 0.3 is 0 Å². The average Bonchev–Trinajstić information content (AvgIpc) is 2.28. The zero-order valence-electron chi connectivity index (χ0n) is 11.5. The first-order valence-corrected chi connectivity index (χ1v) is 6.70. The fourth-order valence-electron chi connectivity index (χ4n) is 1.84. The van der Waals surface area contributed by atoms with Gasteiger partial charge in [-0.05, 0) is 25.8 Å². The van der Waals surface area contributed by atoms with Crippen molar-refractivity contribution in [2.75, 3.05) is 6.61 Å². The summed E-state index contributed by atoms with van der Waals surface area (Å²) in [4.78, 5) is 10.7. The molecule has 0 aliphatic heterocycles. The van der Waals surface area contributed by atoms with Crippen LogP contribution in [0.1, 0.15) is 34.1 Å². The third-order valence-corrected chi connectivity index (χ3v) is 3.47. The van der Waals surface area contributed by atoms with Gasteiger partial charge in [0.25, 0.3) is 0 Å². The number of alkyl halides is 1. The average molecular weight is 272 g/mol. The van der Waals surface area contributed by atoms with E-state index in [1.807, 2.05) is 32.1 Å². The van der Waals surface area contributed by atoms with Gasteiger partial charge in [0, 0.05) is 6.92 Å². The van der Waals surface area contributed by atoms with Gasteiger partial charge in [-0.2, -0.15) is 0 Å². The van der Waals surface area contributed by atoms with Crippen LogP contribution in [0, 0.1) is 0 Å². The molecule has 0 aromatic rings. The van der Waals surface area contributed by atoms with E-state index in [2.05, 4.69) is 12.2 Å². The number of nitrogens with one attached hydrogen (secondary N) is 1. The Balaban J connectivity index is 2.76. The largest absolute Gasteiger partial charge is 0.374 e. The molecule has 0 saturated heterocycles. The Morgan fingerprint density at radius 2 is 2.33 bits per heavy atom. The van der Waals surface area contributed by atoms with Crippen molar-refractivity contribution in [3.05, 3.63) is 23.8 Å². The minimum atomic E-state index is -0.603. The van der Waals surface area contributed by atoms with Crippen LogP contribution in [-0.2, 0) is 9.53 Å². The maximum absolute atomic E-state index is 11.3. The molecule has 0 fully saturated rings. The van der Waals surface area contributed by atoms with Crippen molar-refractivity contribution >= 4 is 17.5 Å². The lowest BCUT2D eigenvalue weighted by Gasteiger charge is -2.34. The van der Waals surface area contributed by atoms with Gasteiger partial charge in [0.05, 0.1) is 23.6 Å². The van der Waals surface area contributed by atoms with Gasteiger partial charge in [0.15, 0.2) is 0 Å². The standard InChI is InChI=1S/C14H22ClNO2/c1-5-10(2)18-9-12-7-6-8-14(4,15)13(12)16-11(3)17/h6-8,10,13H,5,9H2,1-4H3,(H,16,17). The normalized spacial score (nSPS) is 28.7. The number of halogens is 1. The summed E-state index contributed by atoms with van der Waals surface area (Å²) in [5, 5.41) is 2.89. The van der Waals surface area contributed by atoms with E-state index in [-0.39, 0.29) is 18.1 Å². The van der Waals surface area contributed by atoms with Crippen molar-refractivity contribution in [1.82, 2.24) is 5.32 Å². The Morgan fingerprint density at radius 1 is 1.67 bits per heavy atom. The van der Waals surface area contributed by atoms with Crippen LogP contribution in [0.25, 0.3) is 0 Å². The van der Waals surface area contributed by atoms with E-state index in [1.54, 1.807) is 0 Å². The molecule has 18 heavy (non-hydrogen) atoms. The molecule has 0 spiro atoms. The van der Waals surface area contributed by atoms with Crippen molar-refractivity contribution in [3.63, 3.8) is 0 Å². The number of hydrogen-bond donors (Lipinski definition) is 1. The molecule has 4 heteroatoms. The van der Waals surface area contributed by atoms with E-state index in [4.69, 9.17) is 16.3 Å². The van der Waals surface area contributed by atoms with Gasteiger partial charge in [-0.3, -0.25) is 4.79 Å². The molecule has 1 amide bonds. The molecule has 1 N–H and O–H groups in total. The van der Waals surface area contributed by atoms with Crippen LogP contribution in [0.5, 0.6) is 0 Å². The van der Waals surface area contributed by atoms with E-state index in [0.717, 1.165) is 12.0 Å². The Kier molecular flexibility index (Phi) is 5.42. The molecule has 0 saturated carbocycles. The Labute approximate surface area is 114 Å². The number of hydrogen-bond acceptors (Lipinski definition) is 2. The van der Waals surface area contributed by atoms with Gasteiger partial charge in [0.1, 0.15) is 0 Å². The molecular weight excluding hydrogens is 250 g/mol. The summed E-state index contributed by atoms with van der Waals surface area (Å²) in [7, 11) is 0. The minimum absolute atomic E-state index is 0.0865. The second-order valence-corrected chi connectivity index (χ2v) is 5.73. The van der Waals surface area contributed by atoms with Gasteiger partial charge in [-0.25, -0.2) is 0 Å². The topological polar surface area (TPSA) is 38.3 Å². The lowest BCUT2D eigenvalue weighted by Crippen LogP contribution is -2.49. The first-order valence-electron chi connectivity index (χ1n) is 6.32. The number of rotatable bonds is 5. The van der Waals surface area contributed by atoms with Crippen molar-refractivity contribution in [2.24, 2.45) is 0 Å². The predicted octanol–water partition coefficient (Wildman–Crippen LogP) is 2.80. The number of carbonyl (C=O) groups is 1. The maximum Gasteiger partial charge on any atom is 0.217 e. The second kappa shape index (κ2) is 6.39. The van der Waals surface area contributed by atoms with Crippen LogP contribution in [0.4, 0.5) is 0 Å². The summed E-state index contributed by atoms with van der Waals surface area (Å²) >= 11 is 6.43. The third-order valence-electron chi connectivity index (χ3n) is 3.12. The monoisotopic (exact) mass is 271 g/mol. The first kappa shape index (κ1) is 15.3. The highest BCUT2D eigenvalue weighted by atomic mass is 35.5. The van der Waals surface area contributed by atoms with Crippen LogP contribution < -0.4 is 5.32 Å². The number of carbonyl (C=O) groups excluding carboxylic acids is 1. The molecule has 0 aromatic heterocycles. The third kappa shape index (κ3) is 4.14. The van der Waals surface area contributed by atoms with Crippen molar-refractivity contribution in [1.29, 1.82) is 0 Å². The van der Waals surface area contributed by atoms with E-state index >= 15 is 0 Å². The molecule has 3 unspecified atom stereocenters. The van der Waals surface area contributed by atoms with E-state index < -0.39 is 4.87 Å². The number of amides is 1. The first-order chi connectivity index (χ1) is 8.36. The summed E-state index contributed by atoms with van der Waals surface area (Å²) < 4.78 is 5.72. The van der Waals surface area contributed by atoms with Gasteiger partial charge in [0.2, 0.25) is 5.91 Å². The minimum Gasteiger partial charge on any atom is -0.374 e. The van der Waals surface area contributed by atoms with Gasteiger partial charge in [-0.1, -0.05) is 25.2 Å². The molecule has 3 atom stereocenters. The molecule has 1 aliphatic rings. The molecule has 1 aliphatic carbocycles. The van der Waals surface area contributed by atoms with Gasteiger partial charge in [-0.15, -0.1) is 11.6 Å². The molecule has 1 rings (SSSR count). The summed E-state index contributed by atoms with van der Waals surface area (Å²) in [6, 6.07) is -0.217. The zero-order valence-corrected chi connectivity index (χ0v) is 12.3. The Bertz CT molecular complexity index is 361.